The molecule has 0 aromatic carbocycles. The molecule has 0 heterocycles. The van der Waals surface area contributed by atoms with Gasteiger partial charge in [-0.05, 0) is 31.3 Å². The molecule has 1 aliphatic rings. The number of carbonyl (C=O) groups is 1. The Labute approximate surface area is 92.4 Å². The molecule has 1 amide bonds. The van der Waals surface area contributed by atoms with Gasteiger partial charge in [0.25, 0.3) is 0 Å². The highest BCUT2D eigenvalue weighted by Crippen LogP contribution is 2.20. The smallest absolute Gasteiger partial charge is 0.220 e. The molecular formula is C13H21NO. The zero-order valence-corrected chi connectivity index (χ0v) is 9.92. The van der Waals surface area contributed by atoms with Gasteiger partial charge >= 0.3 is 0 Å². The molecule has 2 unspecified atom stereocenters. The van der Waals surface area contributed by atoms with Crippen molar-refractivity contribution < 1.29 is 4.79 Å². The van der Waals surface area contributed by atoms with Gasteiger partial charge in [-0.1, -0.05) is 32.1 Å². The summed E-state index contributed by atoms with van der Waals surface area (Å²) in [5.41, 5.74) is 1.33. The Morgan fingerprint density at radius 1 is 1.67 bits per heavy atom. The zero-order valence-electron chi connectivity index (χ0n) is 9.92. The molecular weight excluding hydrogens is 186 g/mol. The van der Waals surface area contributed by atoms with E-state index in [0.717, 1.165) is 12.8 Å². The molecule has 1 aliphatic carbocycles. The maximum atomic E-state index is 11.4. The van der Waals surface area contributed by atoms with Gasteiger partial charge in [-0.25, -0.2) is 0 Å². The first-order chi connectivity index (χ1) is 7.13. The third kappa shape index (κ3) is 3.90. The Kier molecular flexibility index (Phi) is 4.60. The first-order valence-corrected chi connectivity index (χ1v) is 5.80. The van der Waals surface area contributed by atoms with Gasteiger partial charge in [0.2, 0.25) is 5.91 Å². The van der Waals surface area contributed by atoms with Crippen LogP contribution in [0.1, 0.15) is 40.0 Å². The summed E-state index contributed by atoms with van der Waals surface area (Å²) in [5, 5.41) is 3.03. The lowest BCUT2D eigenvalue weighted by atomic mass is 9.92. The number of allylic oxidation sites excluding steroid dienone is 3. The summed E-state index contributed by atoms with van der Waals surface area (Å²) in [6.07, 6.45) is 9.01. The highest BCUT2D eigenvalue weighted by molar-refractivity contribution is 5.76. The molecule has 0 bridgehead atoms. The van der Waals surface area contributed by atoms with E-state index in [2.05, 4.69) is 37.4 Å². The zero-order chi connectivity index (χ0) is 11.3. The lowest BCUT2D eigenvalue weighted by Gasteiger charge is -2.21. The van der Waals surface area contributed by atoms with Crippen molar-refractivity contribution in [3.63, 3.8) is 0 Å². The van der Waals surface area contributed by atoms with Crippen LogP contribution in [-0.4, -0.2) is 11.9 Å². The van der Waals surface area contributed by atoms with E-state index in [1.807, 2.05) is 6.92 Å². The Morgan fingerprint density at radius 3 is 3.00 bits per heavy atom. The fourth-order valence-electron chi connectivity index (χ4n) is 1.83. The number of amides is 1. The lowest BCUT2D eigenvalue weighted by Crippen LogP contribution is -2.34. The first-order valence-electron chi connectivity index (χ1n) is 5.80. The van der Waals surface area contributed by atoms with E-state index in [9.17, 15) is 4.79 Å². The number of carbonyl (C=O) groups excluding carboxylic acids is 1. The first kappa shape index (κ1) is 12.0. The Balaban J connectivity index is 2.46. The second kappa shape index (κ2) is 5.74. The van der Waals surface area contributed by atoms with Crippen molar-refractivity contribution >= 4 is 5.91 Å². The number of hydrogen-bond acceptors (Lipinski definition) is 1. The molecule has 0 aromatic rings. The number of rotatable bonds is 4. The summed E-state index contributed by atoms with van der Waals surface area (Å²) in [6.45, 7) is 6.28. The minimum atomic E-state index is 0.160. The van der Waals surface area contributed by atoms with Crippen LogP contribution >= 0.6 is 0 Å². The second-order valence-electron chi connectivity index (χ2n) is 4.35. The molecule has 1 rings (SSSR count). The molecule has 15 heavy (non-hydrogen) atoms. The van der Waals surface area contributed by atoms with Gasteiger partial charge in [-0.15, -0.1) is 0 Å². The van der Waals surface area contributed by atoms with Crippen molar-refractivity contribution in [2.24, 2.45) is 5.92 Å². The molecule has 2 nitrogen and oxygen atoms in total. The molecule has 2 heteroatoms. The minimum absolute atomic E-state index is 0.160. The van der Waals surface area contributed by atoms with Gasteiger partial charge in [0.15, 0.2) is 0 Å². The van der Waals surface area contributed by atoms with Gasteiger partial charge in [-0.3, -0.25) is 4.79 Å². The van der Waals surface area contributed by atoms with Gasteiger partial charge in [-0.2, -0.15) is 0 Å². The Bertz CT molecular complexity index is 278. The van der Waals surface area contributed by atoms with E-state index >= 15 is 0 Å². The molecule has 0 radical (unpaired) electrons. The quantitative estimate of drug-likeness (QED) is 0.754. The van der Waals surface area contributed by atoms with Gasteiger partial charge in [0.05, 0.1) is 0 Å². The van der Waals surface area contributed by atoms with Crippen molar-refractivity contribution in [1.29, 1.82) is 0 Å². The van der Waals surface area contributed by atoms with Crippen LogP contribution < -0.4 is 5.32 Å². The largest absolute Gasteiger partial charge is 0.350 e. The summed E-state index contributed by atoms with van der Waals surface area (Å²) in [5.74, 6) is 0.753. The number of hydrogen-bond donors (Lipinski definition) is 1. The molecule has 0 saturated heterocycles. The van der Waals surface area contributed by atoms with Crippen LogP contribution in [0.5, 0.6) is 0 Å². The summed E-state index contributed by atoms with van der Waals surface area (Å²) < 4.78 is 0. The Morgan fingerprint density at radius 2 is 2.40 bits per heavy atom. The van der Waals surface area contributed by atoms with Crippen LogP contribution in [0.4, 0.5) is 0 Å². The summed E-state index contributed by atoms with van der Waals surface area (Å²) in [6, 6.07) is 0.177. The van der Waals surface area contributed by atoms with Crippen LogP contribution in [0.2, 0.25) is 0 Å². The fourth-order valence-corrected chi connectivity index (χ4v) is 1.83. The predicted molar refractivity (Wildman–Crippen MR) is 63.5 cm³/mol. The van der Waals surface area contributed by atoms with Crippen LogP contribution in [0.3, 0.4) is 0 Å². The molecule has 2 atom stereocenters. The van der Waals surface area contributed by atoms with Crippen LogP contribution in [0.25, 0.3) is 0 Å². The third-order valence-corrected chi connectivity index (χ3v) is 2.72. The van der Waals surface area contributed by atoms with Crippen LogP contribution in [-0.2, 0) is 4.79 Å². The fraction of sp³-hybridized carbons (Fsp3) is 0.615. The van der Waals surface area contributed by atoms with Gasteiger partial charge in [0, 0.05) is 12.5 Å². The van der Waals surface area contributed by atoms with Crippen molar-refractivity contribution in [2.45, 2.75) is 46.1 Å². The second-order valence-corrected chi connectivity index (χ2v) is 4.35. The van der Waals surface area contributed by atoms with Crippen molar-refractivity contribution in [1.82, 2.24) is 5.32 Å². The minimum Gasteiger partial charge on any atom is -0.350 e. The van der Waals surface area contributed by atoms with E-state index in [4.69, 9.17) is 0 Å². The van der Waals surface area contributed by atoms with Crippen molar-refractivity contribution in [3.05, 3.63) is 23.8 Å². The van der Waals surface area contributed by atoms with Crippen molar-refractivity contribution in [2.75, 3.05) is 0 Å². The number of nitrogens with one attached hydrogen (secondary N) is 1. The molecule has 84 valence electrons. The molecule has 1 N–H and O–H groups in total. The van der Waals surface area contributed by atoms with E-state index in [1.54, 1.807) is 0 Å². The van der Waals surface area contributed by atoms with E-state index in [1.165, 1.54) is 5.57 Å². The molecule has 0 saturated carbocycles. The maximum absolute atomic E-state index is 11.4. The van der Waals surface area contributed by atoms with Gasteiger partial charge < -0.3 is 5.32 Å². The Hall–Kier alpha value is -1.05. The normalized spacial score (nSPS) is 22.1. The summed E-state index contributed by atoms with van der Waals surface area (Å²) in [4.78, 5) is 11.4. The highest BCUT2D eigenvalue weighted by Gasteiger charge is 2.14. The molecule has 0 aromatic heterocycles. The van der Waals surface area contributed by atoms with E-state index < -0.39 is 0 Å². The standard InChI is InChI=1S/C13H21NO/c1-4-6-13(15)14-11(3)12-8-5-7-10(2)9-12/h5,7-8,10-11H,4,6,9H2,1-3H3,(H,14,15). The molecule has 0 spiro atoms. The topological polar surface area (TPSA) is 29.1 Å². The van der Waals surface area contributed by atoms with Crippen molar-refractivity contribution in [3.8, 4) is 0 Å². The van der Waals surface area contributed by atoms with E-state index in [-0.39, 0.29) is 11.9 Å². The predicted octanol–water partition coefficient (Wildman–Crippen LogP) is 2.81. The van der Waals surface area contributed by atoms with Gasteiger partial charge in [0.1, 0.15) is 0 Å². The lowest BCUT2D eigenvalue weighted by molar-refractivity contribution is -0.121. The average molecular weight is 207 g/mol. The molecule has 0 fully saturated rings. The van der Waals surface area contributed by atoms with Crippen LogP contribution in [0.15, 0.2) is 23.8 Å². The highest BCUT2D eigenvalue weighted by atomic mass is 16.1. The average Bonchev–Trinajstić information content (AvgIpc) is 2.18. The van der Waals surface area contributed by atoms with Crippen LogP contribution in [0, 0.1) is 5.92 Å². The summed E-state index contributed by atoms with van der Waals surface area (Å²) in [7, 11) is 0. The molecule has 0 aliphatic heterocycles. The SMILES string of the molecule is CCCC(=O)NC(C)C1=CC=CC(C)C1. The summed E-state index contributed by atoms with van der Waals surface area (Å²) >= 11 is 0. The van der Waals surface area contributed by atoms with E-state index in [0.29, 0.717) is 12.3 Å². The third-order valence-electron chi connectivity index (χ3n) is 2.72. The maximum Gasteiger partial charge on any atom is 0.220 e. The monoisotopic (exact) mass is 207 g/mol.